The fourth-order valence-corrected chi connectivity index (χ4v) is 2.94. The monoisotopic (exact) mass is 276 g/mol. The van der Waals surface area contributed by atoms with Gasteiger partial charge in [0.1, 0.15) is 5.82 Å². The van der Waals surface area contributed by atoms with Crippen molar-refractivity contribution in [1.29, 1.82) is 0 Å². The third-order valence-corrected chi connectivity index (χ3v) is 4.22. The van der Waals surface area contributed by atoms with Crippen molar-refractivity contribution in [2.24, 2.45) is 0 Å². The van der Waals surface area contributed by atoms with Crippen LogP contribution in [0, 0.1) is 0 Å². The van der Waals surface area contributed by atoms with E-state index in [-0.39, 0.29) is 0 Å². The van der Waals surface area contributed by atoms with Crippen molar-refractivity contribution in [3.05, 3.63) is 23.4 Å². The summed E-state index contributed by atoms with van der Waals surface area (Å²) in [5.74, 6) is 1.11. The summed E-state index contributed by atoms with van der Waals surface area (Å²) in [6, 6.07) is 5.08. The Morgan fingerprint density at radius 1 is 1.45 bits per heavy atom. The van der Waals surface area contributed by atoms with Crippen LogP contribution in [0.15, 0.2) is 12.1 Å². The zero-order valence-electron chi connectivity index (χ0n) is 13.3. The van der Waals surface area contributed by atoms with Crippen LogP contribution in [0.4, 0.5) is 5.82 Å². The molecule has 2 rings (SSSR count). The van der Waals surface area contributed by atoms with Gasteiger partial charge in [-0.2, -0.15) is 0 Å². The van der Waals surface area contributed by atoms with Crippen molar-refractivity contribution >= 4 is 5.82 Å². The maximum Gasteiger partial charge on any atom is 0.128 e. The Hall–Kier alpha value is -1.13. The van der Waals surface area contributed by atoms with Crippen molar-refractivity contribution in [2.75, 3.05) is 39.1 Å². The summed E-state index contributed by atoms with van der Waals surface area (Å²) in [5.41, 5.74) is 2.50. The molecule has 0 spiro atoms. The number of pyridine rings is 1. The van der Waals surface area contributed by atoms with Gasteiger partial charge in [0.2, 0.25) is 0 Å². The highest BCUT2D eigenvalue weighted by molar-refractivity contribution is 5.42. The summed E-state index contributed by atoms with van der Waals surface area (Å²) in [4.78, 5) is 9.56. The Morgan fingerprint density at radius 2 is 2.25 bits per heavy atom. The molecule has 2 heterocycles. The molecule has 1 aliphatic heterocycles. The van der Waals surface area contributed by atoms with Gasteiger partial charge in [-0.3, -0.25) is 0 Å². The lowest BCUT2D eigenvalue weighted by molar-refractivity contribution is 0.314. The fraction of sp³-hybridized carbons (Fsp3) is 0.688. The van der Waals surface area contributed by atoms with Crippen molar-refractivity contribution in [3.8, 4) is 0 Å². The van der Waals surface area contributed by atoms with Gasteiger partial charge in [0, 0.05) is 31.9 Å². The van der Waals surface area contributed by atoms with E-state index in [2.05, 4.69) is 48.3 Å². The highest BCUT2D eigenvalue weighted by Gasteiger charge is 2.22. The van der Waals surface area contributed by atoms with Gasteiger partial charge in [0.15, 0.2) is 0 Å². The zero-order chi connectivity index (χ0) is 14.5. The number of hydrogen-bond acceptors (Lipinski definition) is 4. The summed E-state index contributed by atoms with van der Waals surface area (Å²) in [6.45, 7) is 5.36. The molecule has 1 N–H and O–H groups in total. The lowest BCUT2D eigenvalue weighted by Crippen LogP contribution is -2.37. The molecule has 1 fully saturated rings. The SMILES string of the molecule is CCc1cc(CNC)cc(N(C)CC2CCCN2C)n1. The van der Waals surface area contributed by atoms with Crippen LogP contribution in [-0.4, -0.2) is 50.2 Å². The van der Waals surface area contributed by atoms with Gasteiger partial charge in [-0.1, -0.05) is 6.92 Å². The van der Waals surface area contributed by atoms with E-state index in [9.17, 15) is 0 Å². The minimum atomic E-state index is 0.667. The van der Waals surface area contributed by atoms with Crippen molar-refractivity contribution in [2.45, 2.75) is 38.8 Å². The Morgan fingerprint density at radius 3 is 2.85 bits per heavy atom. The summed E-state index contributed by atoms with van der Waals surface area (Å²) < 4.78 is 0. The topological polar surface area (TPSA) is 31.4 Å². The van der Waals surface area contributed by atoms with E-state index in [0.717, 1.165) is 25.3 Å². The first-order valence-corrected chi connectivity index (χ1v) is 7.69. The number of anilines is 1. The normalized spacial score (nSPS) is 19.5. The Bertz CT molecular complexity index is 432. The van der Waals surface area contributed by atoms with Crippen LogP contribution in [0.25, 0.3) is 0 Å². The number of nitrogens with one attached hydrogen (secondary N) is 1. The van der Waals surface area contributed by atoms with Gasteiger partial charge >= 0.3 is 0 Å². The minimum Gasteiger partial charge on any atom is -0.358 e. The quantitative estimate of drug-likeness (QED) is 0.860. The summed E-state index contributed by atoms with van der Waals surface area (Å²) >= 11 is 0. The molecule has 0 saturated carbocycles. The molecule has 1 atom stereocenters. The Balaban J connectivity index is 2.11. The van der Waals surface area contributed by atoms with Crippen LogP contribution < -0.4 is 10.2 Å². The van der Waals surface area contributed by atoms with Crippen LogP contribution in [0.2, 0.25) is 0 Å². The predicted molar refractivity (Wildman–Crippen MR) is 85.3 cm³/mol. The first-order chi connectivity index (χ1) is 9.63. The van der Waals surface area contributed by atoms with Crippen molar-refractivity contribution in [1.82, 2.24) is 15.2 Å². The van der Waals surface area contributed by atoms with E-state index in [4.69, 9.17) is 4.98 Å². The number of rotatable bonds is 6. The number of hydrogen-bond donors (Lipinski definition) is 1. The molecule has 1 unspecified atom stereocenters. The molecule has 0 bridgehead atoms. The molecule has 4 heteroatoms. The van der Waals surface area contributed by atoms with Crippen LogP contribution in [0.1, 0.15) is 31.0 Å². The van der Waals surface area contributed by atoms with Gasteiger partial charge in [0.25, 0.3) is 0 Å². The first kappa shape index (κ1) is 15.3. The number of aryl methyl sites for hydroxylation is 1. The predicted octanol–water partition coefficient (Wildman–Crippen LogP) is 1.89. The smallest absolute Gasteiger partial charge is 0.128 e. The van der Waals surface area contributed by atoms with E-state index in [0.29, 0.717) is 6.04 Å². The second-order valence-electron chi connectivity index (χ2n) is 5.87. The molecule has 4 nitrogen and oxygen atoms in total. The minimum absolute atomic E-state index is 0.667. The maximum absolute atomic E-state index is 4.78. The summed E-state index contributed by atoms with van der Waals surface area (Å²) in [6.07, 6.45) is 3.61. The van der Waals surface area contributed by atoms with Crippen LogP contribution in [0.3, 0.4) is 0 Å². The molecule has 112 valence electrons. The average molecular weight is 276 g/mol. The third-order valence-electron chi connectivity index (χ3n) is 4.22. The maximum atomic E-state index is 4.78. The highest BCUT2D eigenvalue weighted by Crippen LogP contribution is 2.20. The van der Waals surface area contributed by atoms with Gasteiger partial charge < -0.3 is 15.1 Å². The lowest BCUT2D eigenvalue weighted by atomic mass is 10.1. The fourth-order valence-electron chi connectivity index (χ4n) is 2.94. The summed E-state index contributed by atoms with van der Waals surface area (Å²) in [7, 11) is 6.38. The van der Waals surface area contributed by atoms with Crippen LogP contribution in [-0.2, 0) is 13.0 Å². The van der Waals surface area contributed by atoms with Gasteiger partial charge in [-0.05, 0) is 57.6 Å². The van der Waals surface area contributed by atoms with Crippen LogP contribution >= 0.6 is 0 Å². The largest absolute Gasteiger partial charge is 0.358 e. The van der Waals surface area contributed by atoms with Crippen molar-refractivity contribution < 1.29 is 0 Å². The molecule has 0 aliphatic carbocycles. The molecule has 0 radical (unpaired) electrons. The average Bonchev–Trinajstić information content (AvgIpc) is 2.84. The van der Waals surface area contributed by atoms with E-state index >= 15 is 0 Å². The third kappa shape index (κ3) is 3.70. The van der Waals surface area contributed by atoms with Gasteiger partial charge in [0.05, 0.1) is 0 Å². The van der Waals surface area contributed by atoms with Gasteiger partial charge in [-0.25, -0.2) is 4.98 Å². The standard InChI is InChI=1S/C16H28N4/c1-5-14-9-13(11-17-2)10-16(18-14)20(4)12-15-7-6-8-19(15)3/h9-10,15,17H,5-8,11-12H2,1-4H3. The second kappa shape index (κ2) is 7.04. The van der Waals surface area contributed by atoms with Crippen LogP contribution in [0.5, 0.6) is 0 Å². The Labute approximate surface area is 123 Å². The molecular formula is C16H28N4. The Kier molecular flexibility index (Phi) is 5.38. The second-order valence-corrected chi connectivity index (χ2v) is 5.87. The zero-order valence-corrected chi connectivity index (χ0v) is 13.3. The van der Waals surface area contributed by atoms with E-state index in [1.165, 1.54) is 30.6 Å². The van der Waals surface area contributed by atoms with Gasteiger partial charge in [-0.15, -0.1) is 0 Å². The molecule has 20 heavy (non-hydrogen) atoms. The molecule has 0 amide bonds. The van der Waals surface area contributed by atoms with Crippen molar-refractivity contribution in [3.63, 3.8) is 0 Å². The number of aromatic nitrogens is 1. The molecule has 1 aromatic heterocycles. The van der Waals surface area contributed by atoms with E-state index in [1.807, 2.05) is 7.05 Å². The summed E-state index contributed by atoms with van der Waals surface area (Å²) in [5, 5.41) is 3.23. The lowest BCUT2D eigenvalue weighted by Gasteiger charge is -2.27. The molecule has 0 aromatic carbocycles. The molecule has 1 aliphatic rings. The molecule has 1 aromatic rings. The molecule has 1 saturated heterocycles. The highest BCUT2D eigenvalue weighted by atomic mass is 15.2. The van der Waals surface area contributed by atoms with E-state index < -0.39 is 0 Å². The van der Waals surface area contributed by atoms with E-state index in [1.54, 1.807) is 0 Å². The first-order valence-electron chi connectivity index (χ1n) is 7.69. The number of likely N-dealkylation sites (N-methyl/N-ethyl adjacent to an activating group) is 2. The number of likely N-dealkylation sites (tertiary alicyclic amines) is 1. The number of nitrogens with zero attached hydrogens (tertiary/aromatic N) is 3. The molecular weight excluding hydrogens is 248 g/mol.